The van der Waals surface area contributed by atoms with Crippen molar-refractivity contribution in [3.8, 4) is 0 Å². The molecule has 4 aromatic rings. The van der Waals surface area contributed by atoms with E-state index in [0.29, 0.717) is 11.0 Å². The number of rotatable bonds is 1. The van der Waals surface area contributed by atoms with E-state index in [-0.39, 0.29) is 0 Å². The Bertz CT molecular complexity index is 1080. The van der Waals surface area contributed by atoms with Crippen molar-refractivity contribution in [2.24, 2.45) is 0 Å². The normalized spacial score (nSPS) is 10.1. The number of benzene rings is 2. The number of aryl methyl sites for hydroxylation is 3. The van der Waals surface area contributed by atoms with Crippen molar-refractivity contribution >= 4 is 21.9 Å². The second kappa shape index (κ2) is 9.78. The molecule has 4 nitrogen and oxygen atoms in total. The van der Waals surface area contributed by atoms with Crippen molar-refractivity contribution in [1.82, 2.24) is 19.9 Å². The summed E-state index contributed by atoms with van der Waals surface area (Å²) in [6.07, 6.45) is 2.32. The van der Waals surface area contributed by atoms with Gasteiger partial charge >= 0.3 is 0 Å². The zero-order chi connectivity index (χ0) is 20.7. The topological polar surface area (TPSA) is 51.6 Å². The van der Waals surface area contributed by atoms with Crippen LogP contribution in [0.5, 0.6) is 0 Å². The van der Waals surface area contributed by atoms with Gasteiger partial charge in [0.25, 0.3) is 0 Å². The summed E-state index contributed by atoms with van der Waals surface area (Å²) >= 11 is 0. The first-order valence-electron chi connectivity index (χ1n) is 9.28. The number of para-hydroxylation sites is 1. The van der Waals surface area contributed by atoms with Crippen LogP contribution in [-0.4, -0.2) is 19.9 Å². The first-order chi connectivity index (χ1) is 13.5. The number of fused-ring (bicyclic) bond motifs is 2. The van der Waals surface area contributed by atoms with Crippen LogP contribution in [0.15, 0.2) is 42.7 Å². The molecule has 0 bridgehead atoms. The fourth-order valence-corrected chi connectivity index (χ4v) is 2.65. The van der Waals surface area contributed by atoms with Gasteiger partial charge in [-0.25, -0.2) is 28.7 Å². The van der Waals surface area contributed by atoms with Gasteiger partial charge in [0.05, 0.1) is 27.9 Å². The van der Waals surface area contributed by atoms with Crippen LogP contribution in [-0.2, 0) is 6.42 Å². The molecule has 0 fully saturated rings. The maximum absolute atomic E-state index is 12.9. The fraction of sp³-hybridized carbons (Fsp3) is 0.273. The van der Waals surface area contributed by atoms with E-state index in [2.05, 4.69) is 19.9 Å². The molecule has 0 aliphatic heterocycles. The van der Waals surface area contributed by atoms with Gasteiger partial charge in [-0.15, -0.1) is 0 Å². The average Bonchev–Trinajstić information content (AvgIpc) is 2.71. The minimum atomic E-state index is -0.888. The minimum absolute atomic E-state index is 0.392. The lowest BCUT2D eigenvalue weighted by molar-refractivity contribution is 0.510. The highest BCUT2D eigenvalue weighted by molar-refractivity contribution is 5.80. The quantitative estimate of drug-likeness (QED) is 0.421. The van der Waals surface area contributed by atoms with Crippen LogP contribution in [0.1, 0.15) is 37.9 Å². The molecule has 0 saturated heterocycles. The van der Waals surface area contributed by atoms with E-state index in [1.807, 2.05) is 58.9 Å². The Hall–Kier alpha value is -3.02. The van der Waals surface area contributed by atoms with Crippen LogP contribution < -0.4 is 0 Å². The standard InChI is InChI=1S/C11H10F2N2.C9H8N2.C2H6/c1-3-9-6(2)14-10-4-7(12)8(13)5-11(10)15-9;1-7-8-4-2-3-5-9(8)11-6-10-7;1-2/h4-5H,3H2,1-2H3;2-6H,1H3;1-2H3. The summed E-state index contributed by atoms with van der Waals surface area (Å²) in [5.74, 6) is -1.77. The summed E-state index contributed by atoms with van der Waals surface area (Å²) in [5, 5.41) is 1.13. The van der Waals surface area contributed by atoms with Crippen molar-refractivity contribution in [3.63, 3.8) is 0 Å². The minimum Gasteiger partial charge on any atom is -0.249 e. The van der Waals surface area contributed by atoms with Crippen molar-refractivity contribution in [2.45, 2.75) is 41.0 Å². The van der Waals surface area contributed by atoms with Gasteiger partial charge in [-0.3, -0.25) is 0 Å². The Morgan fingerprint density at radius 2 is 1.39 bits per heavy atom. The lowest BCUT2D eigenvalue weighted by Gasteiger charge is -2.04. The lowest BCUT2D eigenvalue weighted by Crippen LogP contribution is -1.98. The molecule has 0 unspecified atom stereocenters. The molecule has 2 aromatic heterocycles. The fourth-order valence-electron chi connectivity index (χ4n) is 2.65. The first-order valence-corrected chi connectivity index (χ1v) is 9.28. The molecule has 0 radical (unpaired) electrons. The molecule has 0 saturated carbocycles. The summed E-state index contributed by atoms with van der Waals surface area (Å²) in [6.45, 7) is 9.75. The number of halogens is 2. The summed E-state index contributed by atoms with van der Waals surface area (Å²) in [5.41, 5.74) is 4.42. The predicted molar refractivity (Wildman–Crippen MR) is 109 cm³/mol. The average molecular weight is 382 g/mol. The second-order valence-corrected chi connectivity index (χ2v) is 5.84. The van der Waals surface area contributed by atoms with Gasteiger partial charge in [0, 0.05) is 23.2 Å². The number of hydrogen-bond acceptors (Lipinski definition) is 4. The summed E-state index contributed by atoms with van der Waals surface area (Å²) in [6, 6.07) is 10.2. The number of hydrogen-bond donors (Lipinski definition) is 0. The number of nitrogens with zero attached hydrogens (tertiary/aromatic N) is 4. The largest absolute Gasteiger partial charge is 0.249 e. The molecule has 6 heteroatoms. The molecule has 0 aliphatic carbocycles. The molecular weight excluding hydrogens is 358 g/mol. The van der Waals surface area contributed by atoms with E-state index in [1.165, 1.54) is 0 Å². The first kappa shape index (κ1) is 21.3. The molecular formula is C22H24F2N4. The van der Waals surface area contributed by atoms with Crippen molar-refractivity contribution < 1.29 is 8.78 Å². The molecule has 2 heterocycles. The van der Waals surface area contributed by atoms with Gasteiger partial charge in [0.2, 0.25) is 0 Å². The van der Waals surface area contributed by atoms with E-state index in [0.717, 1.165) is 46.5 Å². The Morgan fingerprint density at radius 3 is 2.00 bits per heavy atom. The van der Waals surface area contributed by atoms with Crippen LogP contribution in [0.4, 0.5) is 8.78 Å². The van der Waals surface area contributed by atoms with Crippen molar-refractivity contribution in [2.75, 3.05) is 0 Å². The zero-order valence-electron chi connectivity index (χ0n) is 16.8. The lowest BCUT2D eigenvalue weighted by atomic mass is 10.2. The Morgan fingerprint density at radius 1 is 0.786 bits per heavy atom. The van der Waals surface area contributed by atoms with Crippen LogP contribution in [0.25, 0.3) is 21.9 Å². The molecule has 0 amide bonds. The van der Waals surface area contributed by atoms with E-state index < -0.39 is 11.6 Å². The van der Waals surface area contributed by atoms with E-state index in [1.54, 1.807) is 6.33 Å². The highest BCUT2D eigenvalue weighted by Crippen LogP contribution is 2.17. The highest BCUT2D eigenvalue weighted by atomic mass is 19.2. The van der Waals surface area contributed by atoms with Gasteiger partial charge in [-0.05, 0) is 26.3 Å². The predicted octanol–water partition coefficient (Wildman–Crippen LogP) is 5.74. The van der Waals surface area contributed by atoms with E-state index in [4.69, 9.17) is 0 Å². The molecule has 0 N–H and O–H groups in total. The Labute approximate surface area is 163 Å². The smallest absolute Gasteiger partial charge is 0.161 e. The van der Waals surface area contributed by atoms with Crippen LogP contribution >= 0.6 is 0 Å². The van der Waals surface area contributed by atoms with Crippen molar-refractivity contribution in [1.29, 1.82) is 0 Å². The summed E-state index contributed by atoms with van der Waals surface area (Å²) in [7, 11) is 0. The summed E-state index contributed by atoms with van der Waals surface area (Å²) in [4.78, 5) is 16.6. The second-order valence-electron chi connectivity index (χ2n) is 5.84. The maximum Gasteiger partial charge on any atom is 0.161 e. The Balaban J connectivity index is 0.000000191. The van der Waals surface area contributed by atoms with Gasteiger partial charge in [-0.1, -0.05) is 39.0 Å². The molecule has 0 atom stereocenters. The molecule has 146 valence electrons. The molecule has 28 heavy (non-hydrogen) atoms. The van der Waals surface area contributed by atoms with E-state index >= 15 is 0 Å². The monoisotopic (exact) mass is 382 g/mol. The summed E-state index contributed by atoms with van der Waals surface area (Å²) < 4.78 is 25.9. The Kier molecular flexibility index (Phi) is 7.44. The van der Waals surface area contributed by atoms with Gasteiger partial charge in [0.15, 0.2) is 11.6 Å². The molecule has 2 aromatic carbocycles. The third kappa shape index (κ3) is 4.82. The van der Waals surface area contributed by atoms with Crippen LogP contribution in [0.2, 0.25) is 0 Å². The highest BCUT2D eigenvalue weighted by Gasteiger charge is 2.08. The van der Waals surface area contributed by atoms with E-state index in [9.17, 15) is 8.78 Å². The SMILES string of the molecule is CC.CCc1nc2cc(F)c(F)cc2nc1C.Cc1ncnc2ccccc12. The van der Waals surface area contributed by atoms with Gasteiger partial charge in [-0.2, -0.15) is 0 Å². The third-order valence-electron chi connectivity index (χ3n) is 4.06. The van der Waals surface area contributed by atoms with Gasteiger partial charge < -0.3 is 0 Å². The molecule has 0 spiro atoms. The molecule has 4 rings (SSSR count). The maximum atomic E-state index is 12.9. The van der Waals surface area contributed by atoms with Crippen LogP contribution in [0.3, 0.4) is 0 Å². The van der Waals surface area contributed by atoms with Crippen molar-refractivity contribution in [3.05, 3.63) is 71.4 Å². The number of aromatic nitrogens is 4. The third-order valence-corrected chi connectivity index (χ3v) is 4.06. The van der Waals surface area contributed by atoms with Crippen LogP contribution in [0, 0.1) is 25.5 Å². The zero-order valence-corrected chi connectivity index (χ0v) is 16.8. The molecule has 0 aliphatic rings. The van der Waals surface area contributed by atoms with Gasteiger partial charge in [0.1, 0.15) is 6.33 Å².